The first kappa shape index (κ1) is 21.7. The second-order valence-electron chi connectivity index (χ2n) is 7.93. The molecule has 0 spiro atoms. The second-order valence-corrected chi connectivity index (χ2v) is 7.93. The molecule has 0 fully saturated rings. The van der Waals surface area contributed by atoms with Gasteiger partial charge in [-0.05, 0) is 52.3 Å². The normalized spacial score (nSPS) is 13.7. The molecule has 0 aromatic heterocycles. The SMILES string of the molecule is OCCOCCC1(CCOCCO)c2ccccc2-c2cc(-c3ccccc3)ccc21. The fourth-order valence-corrected chi connectivity index (χ4v) is 4.76. The van der Waals surface area contributed by atoms with Crippen LogP contribution >= 0.6 is 0 Å². The highest BCUT2D eigenvalue weighted by molar-refractivity contribution is 5.84. The van der Waals surface area contributed by atoms with Gasteiger partial charge in [0.25, 0.3) is 0 Å². The minimum Gasteiger partial charge on any atom is -0.394 e. The number of ether oxygens (including phenoxy) is 2. The minimum atomic E-state index is -0.216. The van der Waals surface area contributed by atoms with E-state index in [2.05, 4.69) is 66.7 Å². The Bertz CT molecular complexity index is 972. The molecule has 0 bridgehead atoms. The molecular formula is C27H30O4. The average molecular weight is 419 g/mol. The van der Waals surface area contributed by atoms with Gasteiger partial charge < -0.3 is 19.7 Å². The summed E-state index contributed by atoms with van der Waals surface area (Å²) in [4.78, 5) is 0. The van der Waals surface area contributed by atoms with E-state index in [-0.39, 0.29) is 18.6 Å². The van der Waals surface area contributed by atoms with Crippen LogP contribution in [-0.4, -0.2) is 49.9 Å². The quantitative estimate of drug-likeness (QED) is 0.453. The number of aliphatic hydroxyl groups excluding tert-OH is 2. The lowest BCUT2D eigenvalue weighted by Gasteiger charge is -2.32. The molecule has 1 aliphatic carbocycles. The molecule has 4 heteroatoms. The monoisotopic (exact) mass is 418 g/mol. The van der Waals surface area contributed by atoms with Crippen LogP contribution in [0.25, 0.3) is 22.3 Å². The number of rotatable bonds is 11. The van der Waals surface area contributed by atoms with Crippen molar-refractivity contribution in [1.82, 2.24) is 0 Å². The van der Waals surface area contributed by atoms with Crippen molar-refractivity contribution in [2.45, 2.75) is 18.3 Å². The summed E-state index contributed by atoms with van der Waals surface area (Å²) in [6, 6.07) is 25.8. The lowest BCUT2D eigenvalue weighted by atomic mass is 9.73. The third-order valence-corrected chi connectivity index (χ3v) is 6.19. The van der Waals surface area contributed by atoms with Crippen molar-refractivity contribution in [1.29, 1.82) is 0 Å². The Labute approximate surface area is 184 Å². The summed E-state index contributed by atoms with van der Waals surface area (Å²) >= 11 is 0. The van der Waals surface area contributed by atoms with Crippen molar-refractivity contribution in [2.75, 3.05) is 39.6 Å². The summed E-state index contributed by atoms with van der Waals surface area (Å²) in [5.74, 6) is 0. The molecule has 4 rings (SSSR count). The summed E-state index contributed by atoms with van der Waals surface area (Å²) in [5, 5.41) is 18.2. The average Bonchev–Trinajstić information content (AvgIpc) is 3.10. The van der Waals surface area contributed by atoms with Crippen molar-refractivity contribution in [3.8, 4) is 22.3 Å². The van der Waals surface area contributed by atoms with Gasteiger partial charge in [0.15, 0.2) is 0 Å². The summed E-state index contributed by atoms with van der Waals surface area (Å²) in [5.41, 5.74) is 7.33. The molecule has 0 atom stereocenters. The van der Waals surface area contributed by atoms with Crippen LogP contribution in [0.3, 0.4) is 0 Å². The maximum atomic E-state index is 9.11. The zero-order valence-electron chi connectivity index (χ0n) is 17.8. The maximum absolute atomic E-state index is 9.11. The van der Waals surface area contributed by atoms with Gasteiger partial charge in [0.2, 0.25) is 0 Å². The highest BCUT2D eigenvalue weighted by atomic mass is 16.5. The van der Waals surface area contributed by atoms with Crippen molar-refractivity contribution < 1.29 is 19.7 Å². The van der Waals surface area contributed by atoms with Gasteiger partial charge in [0, 0.05) is 18.6 Å². The molecule has 1 aliphatic rings. The Hall–Kier alpha value is -2.50. The van der Waals surface area contributed by atoms with E-state index in [1.54, 1.807) is 0 Å². The van der Waals surface area contributed by atoms with E-state index in [0.29, 0.717) is 26.4 Å². The van der Waals surface area contributed by atoms with Crippen LogP contribution in [0.1, 0.15) is 24.0 Å². The molecule has 0 saturated carbocycles. The van der Waals surface area contributed by atoms with E-state index in [9.17, 15) is 0 Å². The van der Waals surface area contributed by atoms with Gasteiger partial charge >= 0.3 is 0 Å². The van der Waals surface area contributed by atoms with Crippen molar-refractivity contribution in [3.05, 3.63) is 83.9 Å². The highest BCUT2D eigenvalue weighted by Crippen LogP contribution is 2.53. The molecule has 3 aromatic rings. The van der Waals surface area contributed by atoms with Gasteiger partial charge in [-0.15, -0.1) is 0 Å². The largest absolute Gasteiger partial charge is 0.394 e. The topological polar surface area (TPSA) is 58.9 Å². The molecule has 0 unspecified atom stereocenters. The Morgan fingerprint density at radius 3 is 1.87 bits per heavy atom. The van der Waals surface area contributed by atoms with E-state index in [0.717, 1.165) is 12.8 Å². The maximum Gasteiger partial charge on any atom is 0.0697 e. The molecule has 0 radical (unpaired) electrons. The minimum absolute atomic E-state index is 0.0280. The van der Waals surface area contributed by atoms with Crippen LogP contribution in [0.15, 0.2) is 72.8 Å². The van der Waals surface area contributed by atoms with Gasteiger partial charge in [-0.25, -0.2) is 0 Å². The van der Waals surface area contributed by atoms with Crippen LogP contribution in [0.2, 0.25) is 0 Å². The summed E-state index contributed by atoms with van der Waals surface area (Å²) < 4.78 is 11.4. The lowest BCUT2D eigenvalue weighted by molar-refractivity contribution is 0.0646. The van der Waals surface area contributed by atoms with Gasteiger partial charge in [-0.3, -0.25) is 0 Å². The lowest BCUT2D eigenvalue weighted by Crippen LogP contribution is -2.29. The second kappa shape index (κ2) is 10.2. The zero-order valence-corrected chi connectivity index (χ0v) is 17.8. The molecule has 2 N–H and O–H groups in total. The predicted octanol–water partition coefficient (Wildman–Crippen LogP) is 4.42. The molecule has 0 aliphatic heterocycles. The molecule has 0 amide bonds. The molecule has 3 aromatic carbocycles. The van der Waals surface area contributed by atoms with Crippen LogP contribution < -0.4 is 0 Å². The summed E-state index contributed by atoms with van der Waals surface area (Å²) in [7, 11) is 0. The third kappa shape index (κ3) is 4.43. The Balaban J connectivity index is 1.75. The van der Waals surface area contributed by atoms with Crippen LogP contribution in [0, 0.1) is 0 Å². The molecule has 0 heterocycles. The zero-order chi connectivity index (χ0) is 21.5. The highest BCUT2D eigenvalue weighted by Gasteiger charge is 2.42. The van der Waals surface area contributed by atoms with Crippen LogP contribution in [0.5, 0.6) is 0 Å². The van der Waals surface area contributed by atoms with E-state index in [1.165, 1.54) is 33.4 Å². The number of aliphatic hydroxyl groups is 2. The number of fused-ring (bicyclic) bond motifs is 3. The number of hydrogen-bond acceptors (Lipinski definition) is 4. The van der Waals surface area contributed by atoms with E-state index < -0.39 is 0 Å². The van der Waals surface area contributed by atoms with Gasteiger partial charge in [0.05, 0.1) is 26.4 Å². The summed E-state index contributed by atoms with van der Waals surface area (Å²) in [6.07, 6.45) is 1.62. The summed E-state index contributed by atoms with van der Waals surface area (Å²) in [6.45, 7) is 1.88. The van der Waals surface area contributed by atoms with E-state index >= 15 is 0 Å². The fourth-order valence-electron chi connectivity index (χ4n) is 4.76. The molecule has 31 heavy (non-hydrogen) atoms. The first-order valence-corrected chi connectivity index (χ1v) is 11.0. The third-order valence-electron chi connectivity index (χ3n) is 6.19. The Morgan fingerprint density at radius 2 is 1.19 bits per heavy atom. The molecule has 162 valence electrons. The van der Waals surface area contributed by atoms with Crippen molar-refractivity contribution >= 4 is 0 Å². The van der Waals surface area contributed by atoms with Gasteiger partial charge in [-0.2, -0.15) is 0 Å². The van der Waals surface area contributed by atoms with Crippen molar-refractivity contribution in [2.24, 2.45) is 0 Å². The van der Waals surface area contributed by atoms with Crippen LogP contribution in [-0.2, 0) is 14.9 Å². The standard InChI is InChI=1S/C27H30O4/c28-14-18-30-16-12-27(13-17-31-19-15-29)25-9-5-4-8-23(25)24-20-22(10-11-26(24)27)21-6-2-1-3-7-21/h1-11,20,28-29H,12-19H2. The molecular weight excluding hydrogens is 388 g/mol. The first-order chi connectivity index (χ1) is 15.3. The number of hydrogen-bond donors (Lipinski definition) is 2. The van der Waals surface area contributed by atoms with E-state index in [1.807, 2.05) is 6.07 Å². The Morgan fingerprint density at radius 1 is 0.581 bits per heavy atom. The van der Waals surface area contributed by atoms with Crippen molar-refractivity contribution in [3.63, 3.8) is 0 Å². The molecule has 4 nitrogen and oxygen atoms in total. The first-order valence-electron chi connectivity index (χ1n) is 11.0. The van der Waals surface area contributed by atoms with Gasteiger partial charge in [0.1, 0.15) is 0 Å². The van der Waals surface area contributed by atoms with Gasteiger partial charge in [-0.1, -0.05) is 66.7 Å². The predicted molar refractivity (Wildman–Crippen MR) is 123 cm³/mol. The number of benzene rings is 3. The molecule has 0 saturated heterocycles. The fraction of sp³-hybridized carbons (Fsp3) is 0.333. The Kier molecular flexibility index (Phi) is 7.15. The van der Waals surface area contributed by atoms with Crippen LogP contribution in [0.4, 0.5) is 0 Å². The van der Waals surface area contributed by atoms with E-state index in [4.69, 9.17) is 19.7 Å². The smallest absolute Gasteiger partial charge is 0.0697 e.